The third kappa shape index (κ3) is 2.86. The molecule has 130 valence electrons. The molecule has 1 aliphatic carbocycles. The number of benzene rings is 1. The van der Waals surface area contributed by atoms with Crippen molar-refractivity contribution in [3.63, 3.8) is 0 Å². The summed E-state index contributed by atoms with van der Waals surface area (Å²) in [5.41, 5.74) is 6.07. The van der Waals surface area contributed by atoms with Crippen LogP contribution in [0, 0.1) is 11.8 Å². The van der Waals surface area contributed by atoms with Gasteiger partial charge in [0.25, 0.3) is 0 Å². The van der Waals surface area contributed by atoms with Gasteiger partial charge < -0.3 is 20.1 Å². The molecular formula is C18H24N2O4. The van der Waals surface area contributed by atoms with Gasteiger partial charge in [0, 0.05) is 26.1 Å². The normalized spacial score (nSPS) is 24.7. The third-order valence-corrected chi connectivity index (χ3v) is 5.28. The van der Waals surface area contributed by atoms with Crippen LogP contribution in [0.1, 0.15) is 18.4 Å². The molecule has 1 saturated heterocycles. The van der Waals surface area contributed by atoms with Crippen molar-refractivity contribution in [2.24, 2.45) is 17.6 Å². The van der Waals surface area contributed by atoms with E-state index in [-0.39, 0.29) is 23.7 Å². The number of nitrogens with two attached hydrogens (primary N) is 1. The monoisotopic (exact) mass is 332 g/mol. The van der Waals surface area contributed by atoms with Crippen molar-refractivity contribution >= 4 is 11.8 Å². The molecule has 0 spiro atoms. The summed E-state index contributed by atoms with van der Waals surface area (Å²) in [4.78, 5) is 26.6. The number of ether oxygens (including phenoxy) is 2. The maximum absolute atomic E-state index is 13.1. The van der Waals surface area contributed by atoms with E-state index in [4.69, 9.17) is 15.2 Å². The Bertz CT molecular complexity index is 624. The Labute approximate surface area is 141 Å². The number of methoxy groups -OCH3 is 2. The van der Waals surface area contributed by atoms with Crippen molar-refractivity contribution in [2.75, 3.05) is 33.9 Å². The molecule has 2 N–H and O–H groups in total. The van der Waals surface area contributed by atoms with Gasteiger partial charge in [0.1, 0.15) is 5.75 Å². The Morgan fingerprint density at radius 3 is 2.38 bits per heavy atom. The van der Waals surface area contributed by atoms with Gasteiger partial charge in [-0.3, -0.25) is 9.59 Å². The van der Waals surface area contributed by atoms with Crippen LogP contribution < -0.4 is 10.5 Å². The number of carbonyl (C=O) groups excluding carboxylic acids is 2. The highest BCUT2D eigenvalue weighted by atomic mass is 16.5. The van der Waals surface area contributed by atoms with Gasteiger partial charge in [-0.15, -0.1) is 0 Å². The molecule has 2 aliphatic rings. The predicted octanol–water partition coefficient (Wildman–Crippen LogP) is 0.933. The van der Waals surface area contributed by atoms with Gasteiger partial charge >= 0.3 is 0 Å². The van der Waals surface area contributed by atoms with Crippen LogP contribution in [0.5, 0.6) is 5.75 Å². The summed E-state index contributed by atoms with van der Waals surface area (Å²) in [6.45, 7) is 1.35. The lowest BCUT2D eigenvalue weighted by Gasteiger charge is -2.24. The van der Waals surface area contributed by atoms with Crippen molar-refractivity contribution in [2.45, 2.75) is 18.3 Å². The summed E-state index contributed by atoms with van der Waals surface area (Å²) in [6, 6.07) is 7.68. The highest BCUT2D eigenvalue weighted by Crippen LogP contribution is 2.50. The molecule has 1 saturated carbocycles. The molecule has 0 aromatic heterocycles. The van der Waals surface area contributed by atoms with Crippen molar-refractivity contribution in [3.05, 3.63) is 29.8 Å². The first kappa shape index (κ1) is 16.8. The van der Waals surface area contributed by atoms with E-state index in [0.29, 0.717) is 19.7 Å². The molecule has 0 bridgehead atoms. The van der Waals surface area contributed by atoms with Gasteiger partial charge in [-0.05, 0) is 30.5 Å². The second kappa shape index (κ2) is 6.43. The second-order valence-corrected chi connectivity index (χ2v) is 6.75. The molecular weight excluding hydrogens is 308 g/mol. The van der Waals surface area contributed by atoms with Crippen LogP contribution in [-0.2, 0) is 19.7 Å². The zero-order chi connectivity index (χ0) is 17.3. The lowest BCUT2D eigenvalue weighted by Crippen LogP contribution is -2.38. The largest absolute Gasteiger partial charge is 0.497 e. The second-order valence-electron chi connectivity index (χ2n) is 6.75. The molecule has 0 unspecified atom stereocenters. The first-order valence-corrected chi connectivity index (χ1v) is 8.24. The van der Waals surface area contributed by atoms with Gasteiger partial charge in [-0.2, -0.15) is 0 Å². The standard InChI is InChI=1S/C18H24N2O4/c1-23-11-12-9-20(10-15(12)16(19)21)17(22)18(7-8-18)13-3-5-14(24-2)6-4-13/h3-6,12,15H,7-11H2,1-2H3,(H2,19,21)/t12-,15+/m0/s1. The Balaban J connectivity index is 1.77. The summed E-state index contributed by atoms with van der Waals surface area (Å²) in [6.07, 6.45) is 1.68. The smallest absolute Gasteiger partial charge is 0.233 e. The highest BCUT2D eigenvalue weighted by Gasteiger charge is 2.55. The van der Waals surface area contributed by atoms with Gasteiger partial charge in [-0.25, -0.2) is 0 Å². The minimum atomic E-state index is -0.448. The van der Waals surface area contributed by atoms with Gasteiger partial charge in [0.05, 0.1) is 25.0 Å². The number of nitrogens with zero attached hydrogens (tertiary/aromatic N) is 1. The molecule has 2 fully saturated rings. The van der Waals surface area contributed by atoms with Crippen LogP contribution in [0.3, 0.4) is 0 Å². The van der Waals surface area contributed by atoms with Crippen molar-refractivity contribution in [1.29, 1.82) is 0 Å². The molecule has 1 heterocycles. The van der Waals surface area contributed by atoms with Crippen molar-refractivity contribution in [1.82, 2.24) is 4.90 Å². The Kier molecular flexibility index (Phi) is 4.49. The molecule has 2 amide bonds. The Morgan fingerprint density at radius 1 is 1.21 bits per heavy atom. The van der Waals surface area contributed by atoms with E-state index in [1.54, 1.807) is 19.1 Å². The van der Waals surface area contributed by atoms with E-state index >= 15 is 0 Å². The minimum Gasteiger partial charge on any atom is -0.497 e. The van der Waals surface area contributed by atoms with Crippen LogP contribution in [-0.4, -0.2) is 50.6 Å². The SMILES string of the molecule is COC[C@@H]1CN(C(=O)C2(c3ccc(OC)cc3)CC2)C[C@H]1C(N)=O. The third-order valence-electron chi connectivity index (χ3n) is 5.28. The van der Waals surface area contributed by atoms with Crippen molar-refractivity contribution < 1.29 is 19.1 Å². The first-order chi connectivity index (χ1) is 11.5. The molecule has 2 atom stereocenters. The minimum absolute atomic E-state index is 0.0249. The number of likely N-dealkylation sites (tertiary alicyclic amines) is 1. The average Bonchev–Trinajstić information content (AvgIpc) is 3.29. The Morgan fingerprint density at radius 2 is 1.88 bits per heavy atom. The zero-order valence-electron chi connectivity index (χ0n) is 14.2. The molecule has 1 aromatic carbocycles. The van der Waals surface area contributed by atoms with E-state index in [9.17, 15) is 9.59 Å². The zero-order valence-corrected chi connectivity index (χ0v) is 14.2. The number of carbonyl (C=O) groups is 2. The van der Waals surface area contributed by atoms with E-state index < -0.39 is 5.41 Å². The van der Waals surface area contributed by atoms with Gasteiger partial charge in [-0.1, -0.05) is 12.1 Å². The fraction of sp³-hybridized carbons (Fsp3) is 0.556. The summed E-state index contributed by atoms with van der Waals surface area (Å²) in [5, 5.41) is 0. The van der Waals surface area contributed by atoms with E-state index in [0.717, 1.165) is 24.2 Å². The molecule has 1 aliphatic heterocycles. The molecule has 1 aromatic rings. The number of amides is 2. The lowest BCUT2D eigenvalue weighted by atomic mass is 9.94. The number of primary amides is 1. The molecule has 6 heteroatoms. The first-order valence-electron chi connectivity index (χ1n) is 8.24. The van der Waals surface area contributed by atoms with E-state index in [1.807, 2.05) is 24.3 Å². The summed E-state index contributed by atoms with van der Waals surface area (Å²) in [5.74, 6) is 0.153. The number of hydrogen-bond donors (Lipinski definition) is 1. The lowest BCUT2D eigenvalue weighted by molar-refractivity contribution is -0.133. The highest BCUT2D eigenvalue weighted by molar-refractivity contribution is 5.92. The average molecular weight is 332 g/mol. The van der Waals surface area contributed by atoms with Crippen LogP contribution in [0.2, 0.25) is 0 Å². The topological polar surface area (TPSA) is 81.9 Å². The molecule has 3 rings (SSSR count). The maximum Gasteiger partial charge on any atom is 0.233 e. The fourth-order valence-corrected chi connectivity index (χ4v) is 3.71. The summed E-state index contributed by atoms with van der Waals surface area (Å²) >= 11 is 0. The fourth-order valence-electron chi connectivity index (χ4n) is 3.71. The number of rotatable bonds is 6. The van der Waals surface area contributed by atoms with Crippen LogP contribution in [0.4, 0.5) is 0 Å². The maximum atomic E-state index is 13.1. The van der Waals surface area contributed by atoms with Gasteiger partial charge in [0.15, 0.2) is 0 Å². The summed E-state index contributed by atoms with van der Waals surface area (Å²) in [7, 11) is 3.22. The predicted molar refractivity (Wildman–Crippen MR) is 88.5 cm³/mol. The summed E-state index contributed by atoms with van der Waals surface area (Å²) < 4.78 is 10.4. The quantitative estimate of drug-likeness (QED) is 0.840. The Hall–Kier alpha value is -2.08. The molecule has 24 heavy (non-hydrogen) atoms. The van der Waals surface area contributed by atoms with Crippen LogP contribution >= 0.6 is 0 Å². The van der Waals surface area contributed by atoms with E-state index in [1.165, 1.54) is 0 Å². The molecule has 0 radical (unpaired) electrons. The van der Waals surface area contributed by atoms with Crippen molar-refractivity contribution in [3.8, 4) is 5.75 Å². The van der Waals surface area contributed by atoms with Crippen LogP contribution in [0.25, 0.3) is 0 Å². The van der Waals surface area contributed by atoms with E-state index in [2.05, 4.69) is 0 Å². The van der Waals surface area contributed by atoms with Crippen LogP contribution in [0.15, 0.2) is 24.3 Å². The number of hydrogen-bond acceptors (Lipinski definition) is 4. The molecule has 6 nitrogen and oxygen atoms in total. The van der Waals surface area contributed by atoms with Gasteiger partial charge in [0.2, 0.25) is 11.8 Å².